The Balaban J connectivity index is 1.35. The summed E-state index contributed by atoms with van der Waals surface area (Å²) in [6.45, 7) is -0.651. The second-order valence-corrected chi connectivity index (χ2v) is 6.48. The van der Waals surface area contributed by atoms with E-state index >= 15 is 0 Å². The molecular weight excluding hydrogens is 385 g/mol. The molecule has 0 radical (unpaired) electrons. The standard InChI is InChI=1S/C20H21F3N4O2/c21-20(22,23)13-29-12-15-7-5-14(6-8-15)11-25-19(28)24-10-9-18-26-16-3-1-2-4-17(16)27-18/h1-8H,9-13H2,(H,26,27)(H2,24,25,28). The lowest BCUT2D eigenvalue weighted by atomic mass is 10.1. The van der Waals surface area contributed by atoms with E-state index in [1.165, 1.54) is 0 Å². The maximum atomic E-state index is 12.1. The Bertz CT molecular complexity index is 906. The van der Waals surface area contributed by atoms with Crippen molar-refractivity contribution in [1.29, 1.82) is 0 Å². The predicted molar refractivity (Wildman–Crippen MR) is 102 cm³/mol. The molecule has 3 N–H and O–H groups in total. The van der Waals surface area contributed by atoms with Crippen LogP contribution in [-0.4, -0.2) is 35.3 Å². The van der Waals surface area contributed by atoms with Crippen LogP contribution in [0.3, 0.4) is 0 Å². The maximum Gasteiger partial charge on any atom is 0.411 e. The van der Waals surface area contributed by atoms with Gasteiger partial charge in [-0.2, -0.15) is 13.2 Å². The largest absolute Gasteiger partial charge is 0.411 e. The molecule has 0 atom stereocenters. The van der Waals surface area contributed by atoms with Crippen LogP contribution >= 0.6 is 0 Å². The zero-order valence-corrected chi connectivity index (χ0v) is 15.6. The summed E-state index contributed by atoms with van der Waals surface area (Å²) in [6, 6.07) is 14.2. The van der Waals surface area contributed by atoms with Crippen molar-refractivity contribution in [3.63, 3.8) is 0 Å². The molecule has 1 heterocycles. The third kappa shape index (κ3) is 6.79. The molecule has 0 saturated heterocycles. The Morgan fingerprint density at radius 1 is 1.03 bits per heavy atom. The number of para-hydroxylation sites is 2. The van der Waals surface area contributed by atoms with Gasteiger partial charge in [0.05, 0.1) is 17.6 Å². The van der Waals surface area contributed by atoms with Gasteiger partial charge in [0.25, 0.3) is 0 Å². The van der Waals surface area contributed by atoms with E-state index in [1.807, 2.05) is 24.3 Å². The van der Waals surface area contributed by atoms with Gasteiger partial charge in [-0.25, -0.2) is 9.78 Å². The number of ether oxygens (including phenoxy) is 1. The molecule has 6 nitrogen and oxygen atoms in total. The number of nitrogens with one attached hydrogen (secondary N) is 3. The van der Waals surface area contributed by atoms with Crippen molar-refractivity contribution < 1.29 is 22.7 Å². The molecule has 0 saturated carbocycles. The highest BCUT2D eigenvalue weighted by molar-refractivity contribution is 5.75. The number of aromatic amines is 1. The summed E-state index contributed by atoms with van der Waals surface area (Å²) in [5.41, 5.74) is 3.31. The van der Waals surface area contributed by atoms with Gasteiger partial charge in [0.2, 0.25) is 0 Å². The van der Waals surface area contributed by atoms with Crippen molar-refractivity contribution in [1.82, 2.24) is 20.6 Å². The summed E-state index contributed by atoms with van der Waals surface area (Å²) in [5.74, 6) is 0.801. The number of halogens is 3. The van der Waals surface area contributed by atoms with Crippen LogP contribution in [0.4, 0.5) is 18.0 Å². The minimum absolute atomic E-state index is 0.116. The fourth-order valence-electron chi connectivity index (χ4n) is 2.70. The SMILES string of the molecule is O=C(NCCc1nc2ccccc2[nH]1)NCc1ccc(COCC(F)(F)F)cc1. The summed E-state index contributed by atoms with van der Waals surface area (Å²) in [6.07, 6.45) is -3.75. The Kier molecular flexibility index (Phi) is 6.71. The Labute approximate surface area is 165 Å². The molecule has 154 valence electrons. The highest BCUT2D eigenvalue weighted by Crippen LogP contribution is 2.16. The molecule has 0 aliphatic heterocycles. The normalized spacial score (nSPS) is 11.6. The summed E-state index contributed by atoms with van der Waals surface area (Å²) >= 11 is 0. The summed E-state index contributed by atoms with van der Waals surface area (Å²) in [5, 5.41) is 5.50. The average molecular weight is 406 g/mol. The minimum atomic E-state index is -4.33. The lowest BCUT2D eigenvalue weighted by Crippen LogP contribution is -2.36. The van der Waals surface area contributed by atoms with Crippen LogP contribution < -0.4 is 10.6 Å². The van der Waals surface area contributed by atoms with Crippen LogP contribution in [0.15, 0.2) is 48.5 Å². The van der Waals surface area contributed by atoms with E-state index in [9.17, 15) is 18.0 Å². The number of rotatable bonds is 8. The lowest BCUT2D eigenvalue weighted by Gasteiger charge is -2.09. The number of benzene rings is 2. The van der Waals surface area contributed by atoms with Crippen LogP contribution in [-0.2, 0) is 24.3 Å². The van der Waals surface area contributed by atoms with Crippen molar-refractivity contribution in [2.75, 3.05) is 13.2 Å². The third-order valence-corrected chi connectivity index (χ3v) is 4.10. The monoisotopic (exact) mass is 406 g/mol. The van der Waals surface area contributed by atoms with Crippen LogP contribution in [0.1, 0.15) is 17.0 Å². The van der Waals surface area contributed by atoms with Gasteiger partial charge in [0, 0.05) is 19.5 Å². The van der Waals surface area contributed by atoms with E-state index in [0.717, 1.165) is 22.4 Å². The average Bonchev–Trinajstić information content (AvgIpc) is 3.09. The van der Waals surface area contributed by atoms with Gasteiger partial charge in [0.15, 0.2) is 0 Å². The van der Waals surface area contributed by atoms with Crippen molar-refractivity contribution in [3.05, 3.63) is 65.5 Å². The van der Waals surface area contributed by atoms with E-state index in [0.29, 0.717) is 25.1 Å². The molecule has 2 aromatic carbocycles. The van der Waals surface area contributed by atoms with Crippen LogP contribution in [0, 0.1) is 0 Å². The molecule has 0 spiro atoms. The molecule has 1 aromatic heterocycles. The fourth-order valence-corrected chi connectivity index (χ4v) is 2.70. The number of carbonyl (C=O) groups excluding carboxylic acids is 1. The number of hydrogen-bond donors (Lipinski definition) is 3. The molecule has 0 aliphatic carbocycles. The smallest absolute Gasteiger partial charge is 0.367 e. The van der Waals surface area contributed by atoms with Crippen molar-refractivity contribution in [2.45, 2.75) is 25.7 Å². The molecule has 3 rings (SSSR count). The highest BCUT2D eigenvalue weighted by atomic mass is 19.4. The maximum absolute atomic E-state index is 12.1. The van der Waals surface area contributed by atoms with Crippen LogP contribution in [0.25, 0.3) is 11.0 Å². The number of carbonyl (C=O) groups is 1. The topological polar surface area (TPSA) is 79.0 Å². The summed E-state index contributed by atoms with van der Waals surface area (Å²) in [7, 11) is 0. The van der Waals surface area contributed by atoms with E-state index < -0.39 is 12.8 Å². The van der Waals surface area contributed by atoms with Gasteiger partial charge in [-0.1, -0.05) is 36.4 Å². The zero-order chi connectivity index (χ0) is 20.7. The minimum Gasteiger partial charge on any atom is -0.367 e. The van der Waals surface area contributed by atoms with Crippen molar-refractivity contribution in [3.8, 4) is 0 Å². The second kappa shape index (κ2) is 9.42. The molecule has 29 heavy (non-hydrogen) atoms. The molecule has 0 unspecified atom stereocenters. The van der Waals surface area contributed by atoms with Crippen molar-refractivity contribution >= 4 is 17.1 Å². The number of alkyl halides is 3. The van der Waals surface area contributed by atoms with Crippen LogP contribution in [0.5, 0.6) is 0 Å². The highest BCUT2D eigenvalue weighted by Gasteiger charge is 2.27. The first kappa shape index (κ1) is 20.7. The van der Waals surface area contributed by atoms with E-state index in [4.69, 9.17) is 0 Å². The molecule has 0 fully saturated rings. The van der Waals surface area contributed by atoms with Gasteiger partial charge in [0.1, 0.15) is 12.4 Å². The van der Waals surface area contributed by atoms with E-state index in [1.54, 1.807) is 24.3 Å². The van der Waals surface area contributed by atoms with E-state index in [2.05, 4.69) is 25.3 Å². The van der Waals surface area contributed by atoms with Gasteiger partial charge >= 0.3 is 12.2 Å². The van der Waals surface area contributed by atoms with Gasteiger partial charge < -0.3 is 20.4 Å². The number of H-pyrrole nitrogens is 1. The number of fused-ring (bicyclic) bond motifs is 1. The van der Waals surface area contributed by atoms with Crippen molar-refractivity contribution in [2.24, 2.45) is 0 Å². The number of nitrogens with zero attached hydrogens (tertiary/aromatic N) is 1. The molecule has 2 amide bonds. The number of hydrogen-bond acceptors (Lipinski definition) is 3. The van der Waals surface area contributed by atoms with Gasteiger partial charge in [-0.15, -0.1) is 0 Å². The Morgan fingerprint density at radius 3 is 2.48 bits per heavy atom. The first-order valence-corrected chi connectivity index (χ1v) is 9.07. The van der Waals surface area contributed by atoms with Gasteiger partial charge in [-0.3, -0.25) is 0 Å². The Morgan fingerprint density at radius 2 is 1.76 bits per heavy atom. The number of urea groups is 1. The fraction of sp³-hybridized carbons (Fsp3) is 0.300. The molecule has 0 aliphatic rings. The van der Waals surface area contributed by atoms with Crippen LogP contribution in [0.2, 0.25) is 0 Å². The first-order valence-electron chi connectivity index (χ1n) is 9.07. The predicted octanol–water partition coefficient (Wildman–Crippen LogP) is 3.68. The molecule has 0 bridgehead atoms. The lowest BCUT2D eigenvalue weighted by molar-refractivity contribution is -0.176. The number of amides is 2. The molecule has 9 heteroatoms. The van der Waals surface area contributed by atoms with Gasteiger partial charge in [-0.05, 0) is 23.3 Å². The molecule has 3 aromatic rings. The second-order valence-electron chi connectivity index (χ2n) is 6.48. The third-order valence-electron chi connectivity index (χ3n) is 4.10. The quantitative estimate of drug-likeness (QED) is 0.534. The summed E-state index contributed by atoms with van der Waals surface area (Å²) < 4.78 is 40.8. The number of aromatic nitrogens is 2. The van der Waals surface area contributed by atoms with E-state index in [-0.39, 0.29) is 12.6 Å². The Hall–Kier alpha value is -3.07. The molecular formula is C20H21F3N4O2. The first-order chi connectivity index (χ1) is 13.9. The summed E-state index contributed by atoms with van der Waals surface area (Å²) in [4.78, 5) is 19.5. The number of imidazole rings is 1. The zero-order valence-electron chi connectivity index (χ0n) is 15.6.